The van der Waals surface area contributed by atoms with Crippen molar-refractivity contribution in [1.29, 1.82) is 0 Å². The van der Waals surface area contributed by atoms with Crippen LogP contribution in [0.1, 0.15) is 5.56 Å². The molecule has 2 aromatic carbocycles. The molecule has 1 aliphatic rings. The van der Waals surface area contributed by atoms with Gasteiger partial charge in [0.2, 0.25) is 0 Å². The molecule has 3 nitrogen and oxygen atoms in total. The molecule has 2 aromatic rings. The van der Waals surface area contributed by atoms with Crippen LogP contribution in [0.15, 0.2) is 41.3 Å². The van der Waals surface area contributed by atoms with Gasteiger partial charge < -0.3 is 4.74 Å². The van der Waals surface area contributed by atoms with Gasteiger partial charge in [-0.05, 0) is 22.9 Å². The largest absolute Gasteiger partial charge is 0.496 e. The molecule has 21 heavy (non-hydrogen) atoms. The van der Waals surface area contributed by atoms with Gasteiger partial charge in [0.1, 0.15) is 10.1 Å². The summed E-state index contributed by atoms with van der Waals surface area (Å²) in [4.78, 5) is 14.3. The molecule has 5 heteroatoms. The van der Waals surface area contributed by atoms with Crippen molar-refractivity contribution in [1.82, 2.24) is 4.90 Å². The van der Waals surface area contributed by atoms with Crippen LogP contribution >= 0.6 is 24.0 Å². The summed E-state index contributed by atoms with van der Waals surface area (Å²) in [5.41, 5.74) is 0.907. The average molecular weight is 315 g/mol. The fourth-order valence-electron chi connectivity index (χ4n) is 2.28. The number of carbonyl (C=O) groups excluding carboxylic acids is 1. The van der Waals surface area contributed by atoms with Crippen molar-refractivity contribution in [3.05, 3.63) is 46.9 Å². The predicted octanol–water partition coefficient (Wildman–Crippen LogP) is 3.68. The minimum atomic E-state index is -0.0695. The number of thioether (sulfide) groups is 1. The van der Waals surface area contributed by atoms with Gasteiger partial charge in [0.15, 0.2) is 0 Å². The number of rotatable bonds is 2. The van der Waals surface area contributed by atoms with E-state index < -0.39 is 0 Å². The van der Waals surface area contributed by atoms with E-state index in [0.717, 1.165) is 22.1 Å². The van der Waals surface area contributed by atoms with Gasteiger partial charge in [-0.15, -0.1) is 0 Å². The second-order valence-corrected chi connectivity index (χ2v) is 6.32. The highest BCUT2D eigenvalue weighted by Crippen LogP contribution is 2.36. The minimum absolute atomic E-state index is 0.0695. The fourth-order valence-corrected chi connectivity index (χ4v) is 3.44. The van der Waals surface area contributed by atoms with Gasteiger partial charge in [-0.2, -0.15) is 0 Å². The van der Waals surface area contributed by atoms with Gasteiger partial charge in [-0.1, -0.05) is 54.3 Å². The molecule has 1 saturated heterocycles. The van der Waals surface area contributed by atoms with E-state index in [4.69, 9.17) is 17.0 Å². The molecule has 0 unspecified atom stereocenters. The molecule has 0 N–H and O–H groups in total. The number of carbonyl (C=O) groups is 1. The highest BCUT2D eigenvalue weighted by molar-refractivity contribution is 8.26. The number of hydrogen-bond acceptors (Lipinski definition) is 4. The van der Waals surface area contributed by atoms with Crippen LogP contribution in [0.25, 0.3) is 16.8 Å². The van der Waals surface area contributed by atoms with Crippen molar-refractivity contribution >= 4 is 51.1 Å². The van der Waals surface area contributed by atoms with E-state index in [2.05, 4.69) is 0 Å². The van der Waals surface area contributed by atoms with E-state index in [1.807, 2.05) is 42.5 Å². The van der Waals surface area contributed by atoms with Crippen LogP contribution in [-0.4, -0.2) is 29.3 Å². The second-order valence-electron chi connectivity index (χ2n) is 4.64. The van der Waals surface area contributed by atoms with Crippen LogP contribution in [-0.2, 0) is 4.79 Å². The lowest BCUT2D eigenvalue weighted by Gasteiger charge is -2.09. The molecule has 0 aromatic heterocycles. The van der Waals surface area contributed by atoms with E-state index >= 15 is 0 Å². The van der Waals surface area contributed by atoms with Gasteiger partial charge in [0.25, 0.3) is 5.91 Å². The first-order valence-electron chi connectivity index (χ1n) is 6.39. The average Bonchev–Trinajstić information content (AvgIpc) is 2.75. The summed E-state index contributed by atoms with van der Waals surface area (Å²) in [7, 11) is 3.32. The van der Waals surface area contributed by atoms with Crippen molar-refractivity contribution in [2.24, 2.45) is 0 Å². The van der Waals surface area contributed by atoms with Crippen molar-refractivity contribution < 1.29 is 9.53 Å². The topological polar surface area (TPSA) is 29.5 Å². The third kappa shape index (κ3) is 2.43. The summed E-state index contributed by atoms with van der Waals surface area (Å²) < 4.78 is 6.02. The molecule has 0 radical (unpaired) electrons. The Balaban J connectivity index is 2.20. The van der Waals surface area contributed by atoms with E-state index in [1.165, 1.54) is 16.7 Å². The number of fused-ring (bicyclic) bond motifs is 1. The molecule has 1 aliphatic heterocycles. The zero-order valence-corrected chi connectivity index (χ0v) is 13.3. The number of hydrogen-bond donors (Lipinski definition) is 0. The van der Waals surface area contributed by atoms with Crippen LogP contribution in [0.3, 0.4) is 0 Å². The standard InChI is InChI=1S/C16H13NO2S2/c1-17-15(18)14(21-16(17)20)9-12-11-6-4-3-5-10(11)7-8-13(12)19-2/h3-9H,1-2H3. The zero-order valence-electron chi connectivity index (χ0n) is 11.6. The highest BCUT2D eigenvalue weighted by Gasteiger charge is 2.29. The molecule has 0 aliphatic carbocycles. The molecule has 3 rings (SSSR count). The third-order valence-electron chi connectivity index (χ3n) is 3.41. The normalized spacial score (nSPS) is 17.0. The number of amides is 1. The summed E-state index contributed by atoms with van der Waals surface area (Å²) >= 11 is 6.48. The number of benzene rings is 2. The number of likely N-dealkylation sites (N-methyl/N-ethyl adjacent to an activating group) is 1. The summed E-state index contributed by atoms with van der Waals surface area (Å²) in [6.07, 6.45) is 1.87. The maximum atomic E-state index is 12.2. The Morgan fingerprint density at radius 2 is 2.00 bits per heavy atom. The number of ether oxygens (including phenoxy) is 1. The molecule has 0 spiro atoms. The first-order valence-corrected chi connectivity index (χ1v) is 7.61. The second kappa shape index (κ2) is 5.50. The van der Waals surface area contributed by atoms with Gasteiger partial charge >= 0.3 is 0 Å². The number of thiocarbonyl (C=S) groups is 1. The summed E-state index contributed by atoms with van der Waals surface area (Å²) in [6, 6.07) is 12.0. The number of nitrogens with zero attached hydrogens (tertiary/aromatic N) is 1. The molecule has 1 heterocycles. The highest BCUT2D eigenvalue weighted by atomic mass is 32.2. The molecular formula is C16H13NO2S2. The molecule has 0 bridgehead atoms. The molecule has 1 fully saturated rings. The van der Waals surface area contributed by atoms with Crippen molar-refractivity contribution in [3.63, 3.8) is 0 Å². The number of methoxy groups -OCH3 is 1. The lowest BCUT2D eigenvalue weighted by atomic mass is 10.0. The molecule has 1 amide bonds. The van der Waals surface area contributed by atoms with Crippen LogP contribution in [0.5, 0.6) is 5.75 Å². The van der Waals surface area contributed by atoms with Crippen LogP contribution in [0, 0.1) is 0 Å². The van der Waals surface area contributed by atoms with Crippen LogP contribution in [0.4, 0.5) is 0 Å². The third-order valence-corrected chi connectivity index (χ3v) is 4.90. The smallest absolute Gasteiger partial charge is 0.265 e. The van der Waals surface area contributed by atoms with E-state index in [1.54, 1.807) is 14.2 Å². The fraction of sp³-hybridized carbons (Fsp3) is 0.125. The van der Waals surface area contributed by atoms with Crippen molar-refractivity contribution in [2.45, 2.75) is 0 Å². The Hall–Kier alpha value is -1.85. The lowest BCUT2D eigenvalue weighted by Crippen LogP contribution is -2.22. The maximum Gasteiger partial charge on any atom is 0.265 e. The molecule has 0 saturated carbocycles. The van der Waals surface area contributed by atoms with E-state index in [0.29, 0.717) is 9.23 Å². The van der Waals surface area contributed by atoms with Crippen LogP contribution in [0.2, 0.25) is 0 Å². The molecule has 0 atom stereocenters. The van der Waals surface area contributed by atoms with Crippen LogP contribution < -0.4 is 4.74 Å². The van der Waals surface area contributed by atoms with Gasteiger partial charge in [0.05, 0.1) is 12.0 Å². The maximum absolute atomic E-state index is 12.2. The predicted molar refractivity (Wildman–Crippen MR) is 91.4 cm³/mol. The SMILES string of the molecule is COc1ccc2ccccc2c1C=C1SC(=S)N(C)C1=O. The van der Waals surface area contributed by atoms with Crippen molar-refractivity contribution in [3.8, 4) is 5.75 Å². The lowest BCUT2D eigenvalue weighted by molar-refractivity contribution is -0.121. The Kier molecular flexibility index (Phi) is 3.69. The van der Waals surface area contributed by atoms with Gasteiger partial charge in [-0.25, -0.2) is 0 Å². The van der Waals surface area contributed by atoms with E-state index in [-0.39, 0.29) is 5.91 Å². The quantitative estimate of drug-likeness (QED) is 0.624. The Morgan fingerprint density at radius 1 is 1.24 bits per heavy atom. The summed E-state index contributed by atoms with van der Waals surface area (Å²) in [5, 5.41) is 2.16. The monoisotopic (exact) mass is 315 g/mol. The Labute approximate surface area is 132 Å². The van der Waals surface area contributed by atoms with Gasteiger partial charge in [0, 0.05) is 12.6 Å². The minimum Gasteiger partial charge on any atom is -0.496 e. The Bertz CT molecular complexity index is 783. The zero-order chi connectivity index (χ0) is 15.0. The first-order chi connectivity index (χ1) is 10.1. The van der Waals surface area contributed by atoms with Crippen molar-refractivity contribution in [2.75, 3.05) is 14.2 Å². The molecule has 106 valence electrons. The first kappa shape index (κ1) is 14.1. The molecular weight excluding hydrogens is 302 g/mol. The Morgan fingerprint density at radius 3 is 2.67 bits per heavy atom. The van der Waals surface area contributed by atoms with E-state index in [9.17, 15) is 4.79 Å². The van der Waals surface area contributed by atoms with Gasteiger partial charge in [-0.3, -0.25) is 9.69 Å². The summed E-state index contributed by atoms with van der Waals surface area (Å²) in [5.74, 6) is 0.676. The summed E-state index contributed by atoms with van der Waals surface area (Å²) in [6.45, 7) is 0.